The molecule has 3 aromatic rings. The zero-order valence-electron chi connectivity index (χ0n) is 13.9. The van der Waals surface area contributed by atoms with Gasteiger partial charge in [0, 0.05) is 17.2 Å². The van der Waals surface area contributed by atoms with Gasteiger partial charge in [0.05, 0.1) is 11.5 Å². The van der Waals surface area contributed by atoms with Crippen LogP contribution in [0.25, 0.3) is 10.1 Å². The van der Waals surface area contributed by atoms with Crippen molar-refractivity contribution in [3.63, 3.8) is 0 Å². The summed E-state index contributed by atoms with van der Waals surface area (Å²) in [5.41, 5.74) is 2.14. The third-order valence-corrected chi connectivity index (χ3v) is 7.01. The Morgan fingerprint density at radius 2 is 2.08 bits per heavy atom. The average molecular weight is 373 g/mol. The summed E-state index contributed by atoms with van der Waals surface area (Å²) in [6.45, 7) is 2.52. The lowest BCUT2D eigenvalue weighted by Gasteiger charge is -2.14. The van der Waals surface area contributed by atoms with Crippen LogP contribution in [0.15, 0.2) is 52.7 Å². The number of fused-ring (bicyclic) bond motifs is 2. The maximum absolute atomic E-state index is 12.7. The molecule has 0 saturated carbocycles. The van der Waals surface area contributed by atoms with Gasteiger partial charge in [-0.05, 0) is 59.5 Å². The predicted octanol–water partition coefficient (Wildman–Crippen LogP) is 3.75. The van der Waals surface area contributed by atoms with Crippen LogP contribution in [0.1, 0.15) is 18.1 Å². The van der Waals surface area contributed by atoms with Crippen molar-refractivity contribution in [1.29, 1.82) is 0 Å². The molecule has 1 aromatic heterocycles. The van der Waals surface area contributed by atoms with Crippen LogP contribution in [0.3, 0.4) is 0 Å². The Hall–Kier alpha value is -1.89. The lowest BCUT2D eigenvalue weighted by Crippen LogP contribution is -2.34. The molecular weight excluding hydrogens is 354 g/mol. The molecule has 1 aliphatic rings. The Morgan fingerprint density at radius 1 is 1.24 bits per heavy atom. The lowest BCUT2D eigenvalue weighted by molar-refractivity contribution is 0.356. The Labute approximate surface area is 151 Å². The fraction of sp³-hybridized carbons (Fsp3) is 0.263. The summed E-state index contributed by atoms with van der Waals surface area (Å²) in [5.74, 6) is 0.789. The van der Waals surface area contributed by atoms with E-state index in [1.54, 1.807) is 29.5 Å². The van der Waals surface area contributed by atoms with Crippen LogP contribution in [-0.4, -0.2) is 21.1 Å². The van der Waals surface area contributed by atoms with Gasteiger partial charge in [-0.3, -0.25) is 0 Å². The summed E-state index contributed by atoms with van der Waals surface area (Å²) in [5, 5.41) is 3.32. The molecule has 4 nitrogen and oxygen atoms in total. The van der Waals surface area contributed by atoms with Crippen molar-refractivity contribution in [1.82, 2.24) is 4.72 Å². The van der Waals surface area contributed by atoms with Gasteiger partial charge in [-0.1, -0.05) is 18.2 Å². The Balaban J connectivity index is 1.52. The van der Waals surface area contributed by atoms with E-state index in [9.17, 15) is 8.42 Å². The first-order valence-electron chi connectivity index (χ1n) is 8.26. The molecular formula is C19H19NO3S2. The number of benzene rings is 2. The quantitative estimate of drug-likeness (QED) is 0.741. The van der Waals surface area contributed by atoms with Crippen LogP contribution in [0.4, 0.5) is 0 Å². The number of hydrogen-bond acceptors (Lipinski definition) is 4. The molecule has 2 heterocycles. The summed E-state index contributed by atoms with van der Waals surface area (Å²) in [7, 11) is -3.54. The van der Waals surface area contributed by atoms with E-state index in [-0.39, 0.29) is 6.04 Å². The standard InChI is InChI=1S/C19H19NO3S2/c1-13(10-15-12-24-19-5-3-2-4-17(15)19)20-25(21,22)16-6-7-18-14(11-16)8-9-23-18/h2-7,11-13,20H,8-10H2,1H3/t13-/m0/s1. The number of rotatable bonds is 5. The van der Waals surface area contributed by atoms with E-state index in [0.717, 1.165) is 17.7 Å². The molecule has 0 aliphatic carbocycles. The fourth-order valence-electron chi connectivity index (χ4n) is 3.23. The highest BCUT2D eigenvalue weighted by atomic mass is 32.2. The van der Waals surface area contributed by atoms with Gasteiger partial charge in [0.25, 0.3) is 0 Å². The molecule has 0 bridgehead atoms. The zero-order chi connectivity index (χ0) is 17.4. The molecule has 25 heavy (non-hydrogen) atoms. The third kappa shape index (κ3) is 3.29. The average Bonchev–Trinajstić information content (AvgIpc) is 3.21. The van der Waals surface area contributed by atoms with Crippen LogP contribution in [0.2, 0.25) is 0 Å². The van der Waals surface area contributed by atoms with Crippen molar-refractivity contribution in [2.45, 2.75) is 30.7 Å². The minimum atomic E-state index is -3.54. The largest absolute Gasteiger partial charge is 0.493 e. The SMILES string of the molecule is C[C@@H](Cc1csc2ccccc12)NS(=O)(=O)c1ccc2c(c1)CCO2. The van der Waals surface area contributed by atoms with Crippen LogP contribution in [0, 0.1) is 0 Å². The number of sulfonamides is 1. The maximum Gasteiger partial charge on any atom is 0.240 e. The van der Waals surface area contributed by atoms with Crippen molar-refractivity contribution in [3.8, 4) is 5.75 Å². The number of thiophene rings is 1. The third-order valence-electron chi connectivity index (χ3n) is 4.41. The van der Waals surface area contributed by atoms with Crippen LogP contribution < -0.4 is 9.46 Å². The second-order valence-electron chi connectivity index (χ2n) is 6.35. The predicted molar refractivity (Wildman–Crippen MR) is 101 cm³/mol. The van der Waals surface area contributed by atoms with Gasteiger partial charge in [0.15, 0.2) is 0 Å². The van der Waals surface area contributed by atoms with Crippen LogP contribution >= 0.6 is 11.3 Å². The molecule has 1 N–H and O–H groups in total. The number of ether oxygens (including phenoxy) is 1. The van der Waals surface area contributed by atoms with Crippen molar-refractivity contribution < 1.29 is 13.2 Å². The van der Waals surface area contributed by atoms with E-state index in [1.165, 1.54) is 15.6 Å². The van der Waals surface area contributed by atoms with Gasteiger partial charge in [0.2, 0.25) is 10.0 Å². The van der Waals surface area contributed by atoms with Gasteiger partial charge < -0.3 is 4.74 Å². The molecule has 4 rings (SSSR count). The number of hydrogen-bond donors (Lipinski definition) is 1. The van der Waals surface area contributed by atoms with Crippen molar-refractivity contribution in [2.24, 2.45) is 0 Å². The van der Waals surface area contributed by atoms with Gasteiger partial charge in [0.1, 0.15) is 5.75 Å². The van der Waals surface area contributed by atoms with Gasteiger partial charge >= 0.3 is 0 Å². The fourth-order valence-corrected chi connectivity index (χ4v) is 5.49. The van der Waals surface area contributed by atoms with Crippen molar-refractivity contribution >= 4 is 31.4 Å². The van der Waals surface area contributed by atoms with Crippen molar-refractivity contribution in [2.75, 3.05) is 6.61 Å². The molecule has 1 aliphatic heterocycles. The highest BCUT2D eigenvalue weighted by Gasteiger charge is 2.21. The summed E-state index contributed by atoms with van der Waals surface area (Å²) < 4.78 is 34.8. The smallest absolute Gasteiger partial charge is 0.240 e. The molecule has 0 fully saturated rings. The molecule has 2 aromatic carbocycles. The van der Waals surface area contributed by atoms with Crippen LogP contribution in [0.5, 0.6) is 5.75 Å². The second-order valence-corrected chi connectivity index (χ2v) is 8.98. The van der Waals surface area contributed by atoms with Gasteiger partial charge in [-0.15, -0.1) is 11.3 Å². The monoisotopic (exact) mass is 373 g/mol. The first-order valence-corrected chi connectivity index (χ1v) is 10.6. The zero-order valence-corrected chi connectivity index (χ0v) is 15.5. The highest BCUT2D eigenvalue weighted by Crippen LogP contribution is 2.29. The molecule has 0 amide bonds. The Kier molecular flexibility index (Phi) is 4.27. The normalized spacial score (nSPS) is 15.1. The Morgan fingerprint density at radius 3 is 2.96 bits per heavy atom. The second kappa shape index (κ2) is 6.44. The summed E-state index contributed by atoms with van der Waals surface area (Å²) in [4.78, 5) is 0.304. The molecule has 6 heteroatoms. The molecule has 130 valence electrons. The lowest BCUT2D eigenvalue weighted by atomic mass is 10.1. The summed E-state index contributed by atoms with van der Waals surface area (Å²) in [6, 6.07) is 13.1. The minimum absolute atomic E-state index is 0.187. The highest BCUT2D eigenvalue weighted by molar-refractivity contribution is 7.89. The molecule has 0 radical (unpaired) electrons. The Bertz CT molecular complexity index is 1020. The van der Waals surface area contributed by atoms with Gasteiger partial charge in [-0.25, -0.2) is 13.1 Å². The van der Waals surface area contributed by atoms with E-state index < -0.39 is 10.0 Å². The molecule has 0 spiro atoms. The molecule has 0 unspecified atom stereocenters. The van der Waals surface area contributed by atoms with E-state index in [0.29, 0.717) is 17.9 Å². The summed E-state index contributed by atoms with van der Waals surface area (Å²) >= 11 is 1.69. The maximum atomic E-state index is 12.7. The first kappa shape index (κ1) is 16.6. The van der Waals surface area contributed by atoms with E-state index in [2.05, 4.69) is 22.2 Å². The molecule has 0 saturated heterocycles. The van der Waals surface area contributed by atoms with Crippen LogP contribution in [-0.2, 0) is 22.9 Å². The molecule has 1 atom stereocenters. The van der Waals surface area contributed by atoms with E-state index in [1.807, 2.05) is 19.1 Å². The van der Waals surface area contributed by atoms with Crippen molar-refractivity contribution in [3.05, 3.63) is 59.0 Å². The van der Waals surface area contributed by atoms with E-state index in [4.69, 9.17) is 4.74 Å². The number of nitrogens with one attached hydrogen (secondary N) is 1. The summed E-state index contributed by atoms with van der Waals surface area (Å²) in [6.07, 6.45) is 1.42. The van der Waals surface area contributed by atoms with Gasteiger partial charge in [-0.2, -0.15) is 0 Å². The minimum Gasteiger partial charge on any atom is -0.493 e. The van der Waals surface area contributed by atoms with E-state index >= 15 is 0 Å². The topological polar surface area (TPSA) is 55.4 Å². The first-order chi connectivity index (χ1) is 12.0.